The SMILES string of the molecule is O=C(O)CC(CI)CI. The minimum absolute atomic E-state index is 0.311. The maximum Gasteiger partial charge on any atom is 0.303 e. The first-order valence-corrected chi connectivity index (χ1v) is 5.59. The summed E-state index contributed by atoms with van der Waals surface area (Å²) in [4.78, 5) is 10.1. The lowest BCUT2D eigenvalue weighted by Crippen LogP contribution is -2.09. The number of rotatable bonds is 4. The maximum absolute atomic E-state index is 10.1. The highest BCUT2D eigenvalue weighted by molar-refractivity contribution is 14.1. The minimum atomic E-state index is -0.687. The fourth-order valence-electron chi connectivity index (χ4n) is 0.397. The monoisotopic (exact) mass is 354 g/mol. The van der Waals surface area contributed by atoms with Gasteiger partial charge in [0, 0.05) is 15.3 Å². The van der Waals surface area contributed by atoms with Gasteiger partial charge in [-0.2, -0.15) is 0 Å². The van der Waals surface area contributed by atoms with E-state index in [-0.39, 0.29) is 0 Å². The Kier molecular flexibility index (Phi) is 6.28. The summed E-state index contributed by atoms with van der Waals surface area (Å²) < 4.78 is 1.88. The van der Waals surface area contributed by atoms with Crippen LogP contribution in [0.3, 0.4) is 0 Å². The molecule has 0 aliphatic carbocycles. The predicted molar refractivity (Wildman–Crippen MR) is 53.5 cm³/mol. The second kappa shape index (κ2) is 5.70. The van der Waals surface area contributed by atoms with E-state index < -0.39 is 5.97 Å². The Balaban J connectivity index is 3.43. The summed E-state index contributed by atoms with van der Waals surface area (Å²) >= 11 is 4.43. The molecule has 0 radical (unpaired) electrons. The zero-order valence-corrected chi connectivity index (χ0v) is 9.13. The van der Waals surface area contributed by atoms with E-state index in [9.17, 15) is 4.79 Å². The van der Waals surface area contributed by atoms with Crippen LogP contribution in [0.4, 0.5) is 0 Å². The van der Waals surface area contributed by atoms with Crippen molar-refractivity contribution in [2.24, 2.45) is 5.92 Å². The van der Waals surface area contributed by atoms with Crippen molar-refractivity contribution in [3.05, 3.63) is 0 Å². The van der Waals surface area contributed by atoms with Gasteiger partial charge in [0.2, 0.25) is 0 Å². The Hall–Kier alpha value is 0.930. The Morgan fingerprint density at radius 1 is 1.44 bits per heavy atom. The number of carboxylic acids is 1. The standard InChI is InChI=1S/C5H8I2O2/c6-2-4(3-7)1-5(8)9/h4H,1-3H2,(H,8,9). The van der Waals surface area contributed by atoms with Crippen LogP contribution in [0.1, 0.15) is 6.42 Å². The molecule has 0 aromatic rings. The molecular formula is C5H8I2O2. The van der Waals surface area contributed by atoms with E-state index in [1.54, 1.807) is 0 Å². The van der Waals surface area contributed by atoms with Crippen LogP contribution < -0.4 is 0 Å². The number of hydrogen-bond donors (Lipinski definition) is 1. The van der Waals surface area contributed by atoms with E-state index in [2.05, 4.69) is 45.2 Å². The van der Waals surface area contributed by atoms with Crippen LogP contribution in [0.25, 0.3) is 0 Å². The second-order valence-electron chi connectivity index (χ2n) is 1.77. The molecule has 0 aromatic heterocycles. The fourth-order valence-corrected chi connectivity index (χ4v) is 2.83. The van der Waals surface area contributed by atoms with Crippen LogP contribution in [0.2, 0.25) is 0 Å². The molecule has 0 saturated carbocycles. The molecule has 4 heteroatoms. The third kappa shape index (κ3) is 5.38. The van der Waals surface area contributed by atoms with Gasteiger partial charge in [-0.15, -0.1) is 0 Å². The van der Waals surface area contributed by atoms with Gasteiger partial charge in [0.1, 0.15) is 0 Å². The highest BCUT2D eigenvalue weighted by Gasteiger charge is 2.08. The molecule has 0 heterocycles. The van der Waals surface area contributed by atoms with Gasteiger partial charge >= 0.3 is 5.97 Å². The second-order valence-corrected chi connectivity index (χ2v) is 3.53. The Labute approximate surface area is 81.7 Å². The van der Waals surface area contributed by atoms with Crippen molar-refractivity contribution in [3.8, 4) is 0 Å². The van der Waals surface area contributed by atoms with Gasteiger partial charge in [-0.3, -0.25) is 4.79 Å². The number of carboxylic acid groups (broad SMARTS) is 1. The molecule has 0 spiro atoms. The van der Waals surface area contributed by atoms with Crippen molar-refractivity contribution in [2.75, 3.05) is 8.86 Å². The molecule has 0 bridgehead atoms. The summed E-state index contributed by atoms with van der Waals surface area (Å²) in [6.07, 6.45) is 0.311. The Bertz CT molecular complexity index is 91.0. The maximum atomic E-state index is 10.1. The molecule has 0 saturated heterocycles. The summed E-state index contributed by atoms with van der Waals surface area (Å²) in [5.74, 6) is -0.336. The van der Waals surface area contributed by atoms with Crippen molar-refractivity contribution in [1.29, 1.82) is 0 Å². The predicted octanol–water partition coefficient (Wildman–Crippen LogP) is 1.95. The fraction of sp³-hybridized carbons (Fsp3) is 0.800. The van der Waals surface area contributed by atoms with Gasteiger partial charge < -0.3 is 5.11 Å². The normalized spacial score (nSPS) is 10.1. The Morgan fingerprint density at radius 3 is 2.00 bits per heavy atom. The van der Waals surface area contributed by atoms with Crippen LogP contribution in [-0.2, 0) is 4.79 Å². The molecule has 0 aromatic carbocycles. The Morgan fingerprint density at radius 2 is 1.89 bits per heavy atom. The third-order valence-electron chi connectivity index (χ3n) is 0.900. The first kappa shape index (κ1) is 9.93. The number of hydrogen-bond acceptors (Lipinski definition) is 1. The first-order valence-electron chi connectivity index (χ1n) is 2.54. The molecule has 0 unspecified atom stereocenters. The average Bonchev–Trinajstić information content (AvgIpc) is 1.82. The molecule has 54 valence electrons. The van der Waals surface area contributed by atoms with E-state index in [1.165, 1.54) is 0 Å². The molecule has 9 heavy (non-hydrogen) atoms. The lowest BCUT2D eigenvalue weighted by atomic mass is 10.1. The summed E-state index contributed by atoms with van der Waals surface area (Å²) in [5.41, 5.74) is 0. The molecule has 0 rings (SSSR count). The van der Waals surface area contributed by atoms with Crippen molar-refractivity contribution in [2.45, 2.75) is 6.42 Å². The molecule has 1 N–H and O–H groups in total. The smallest absolute Gasteiger partial charge is 0.303 e. The number of halogens is 2. The van der Waals surface area contributed by atoms with Gasteiger partial charge in [0.15, 0.2) is 0 Å². The van der Waals surface area contributed by atoms with Gasteiger partial charge in [0.05, 0.1) is 0 Å². The van der Waals surface area contributed by atoms with Gasteiger partial charge in [-0.1, -0.05) is 45.2 Å². The molecular weight excluding hydrogens is 346 g/mol. The average molecular weight is 354 g/mol. The van der Waals surface area contributed by atoms with E-state index >= 15 is 0 Å². The summed E-state index contributed by atoms with van der Waals surface area (Å²) in [6.45, 7) is 0. The number of alkyl halides is 2. The van der Waals surface area contributed by atoms with E-state index in [1.807, 2.05) is 0 Å². The number of aliphatic carboxylic acids is 1. The highest BCUT2D eigenvalue weighted by atomic mass is 127. The highest BCUT2D eigenvalue weighted by Crippen LogP contribution is 2.10. The largest absolute Gasteiger partial charge is 0.481 e. The zero-order valence-electron chi connectivity index (χ0n) is 4.81. The quantitative estimate of drug-likeness (QED) is 0.619. The van der Waals surface area contributed by atoms with E-state index in [0.717, 1.165) is 8.86 Å². The molecule has 0 aliphatic heterocycles. The summed E-state index contributed by atoms with van der Waals surface area (Å²) in [7, 11) is 0. The topological polar surface area (TPSA) is 37.3 Å². The summed E-state index contributed by atoms with van der Waals surface area (Å²) in [6, 6.07) is 0. The number of carbonyl (C=O) groups is 1. The molecule has 0 fully saturated rings. The van der Waals surface area contributed by atoms with Crippen LogP contribution >= 0.6 is 45.2 Å². The molecule has 0 atom stereocenters. The van der Waals surface area contributed by atoms with E-state index in [0.29, 0.717) is 12.3 Å². The van der Waals surface area contributed by atoms with Crippen LogP contribution in [0.5, 0.6) is 0 Å². The van der Waals surface area contributed by atoms with Crippen LogP contribution in [0, 0.1) is 5.92 Å². The van der Waals surface area contributed by atoms with E-state index in [4.69, 9.17) is 5.11 Å². The van der Waals surface area contributed by atoms with Crippen molar-refractivity contribution in [3.63, 3.8) is 0 Å². The lowest BCUT2D eigenvalue weighted by Gasteiger charge is -2.04. The zero-order chi connectivity index (χ0) is 7.28. The minimum Gasteiger partial charge on any atom is -0.481 e. The van der Waals surface area contributed by atoms with Crippen molar-refractivity contribution < 1.29 is 9.90 Å². The van der Waals surface area contributed by atoms with Gasteiger partial charge in [-0.05, 0) is 5.92 Å². The van der Waals surface area contributed by atoms with Crippen LogP contribution in [0.15, 0.2) is 0 Å². The lowest BCUT2D eigenvalue weighted by molar-refractivity contribution is -0.137. The molecule has 0 aliphatic rings. The van der Waals surface area contributed by atoms with Gasteiger partial charge in [0.25, 0.3) is 0 Å². The van der Waals surface area contributed by atoms with Crippen LogP contribution in [-0.4, -0.2) is 19.9 Å². The molecule has 0 amide bonds. The first-order chi connectivity index (χ1) is 4.20. The van der Waals surface area contributed by atoms with Crippen molar-refractivity contribution in [1.82, 2.24) is 0 Å². The molecule has 2 nitrogen and oxygen atoms in total. The van der Waals surface area contributed by atoms with Gasteiger partial charge in [-0.25, -0.2) is 0 Å². The third-order valence-corrected chi connectivity index (χ3v) is 3.39. The van der Waals surface area contributed by atoms with Crippen molar-refractivity contribution >= 4 is 51.2 Å². The summed E-state index contributed by atoms with van der Waals surface area (Å²) in [5, 5.41) is 8.34.